The van der Waals surface area contributed by atoms with Crippen LogP contribution >= 0.6 is 0 Å². The van der Waals surface area contributed by atoms with Gasteiger partial charge in [0, 0.05) is 8.07 Å². The fourth-order valence-corrected chi connectivity index (χ4v) is 5.17. The van der Waals surface area contributed by atoms with E-state index < -0.39 is 8.07 Å². The summed E-state index contributed by atoms with van der Waals surface area (Å²) in [5, 5.41) is 1.56. The third-order valence-corrected chi connectivity index (χ3v) is 7.59. The molecule has 0 saturated carbocycles. The van der Waals surface area contributed by atoms with Crippen molar-refractivity contribution in [3.05, 3.63) is 95.6 Å². The van der Waals surface area contributed by atoms with E-state index in [2.05, 4.69) is 105 Å². The van der Waals surface area contributed by atoms with Gasteiger partial charge in [-0.3, -0.25) is 0 Å². The van der Waals surface area contributed by atoms with Crippen molar-refractivity contribution in [2.45, 2.75) is 51.2 Å². The van der Waals surface area contributed by atoms with Crippen LogP contribution in [-0.2, 0) is 27.1 Å². The number of unbranched alkanes of at least 4 members (excludes halogenated alkanes) is 1. The number of hydrogen-bond donors (Lipinski definition) is 0. The zero-order valence-electron chi connectivity index (χ0n) is 18.3. The molecule has 5 heteroatoms. The third kappa shape index (κ3) is 6.79. The molecule has 0 fully saturated rings. The van der Waals surface area contributed by atoms with Crippen molar-refractivity contribution in [3.63, 3.8) is 0 Å². The molecule has 0 saturated heterocycles. The minimum absolute atomic E-state index is 0. The molecule has 0 aliphatic carbocycles. The fourth-order valence-electron chi connectivity index (χ4n) is 4.00. The summed E-state index contributed by atoms with van der Waals surface area (Å²) in [7, 11) is -1.32. The molecule has 160 valence electrons. The number of halogens is 3. The van der Waals surface area contributed by atoms with Gasteiger partial charge in [-0.15, -0.1) is 0 Å². The Bertz CT molecular complexity index is 787. The Kier molecular flexibility index (Phi) is 14.7. The van der Waals surface area contributed by atoms with Gasteiger partial charge in [0.2, 0.25) is 0 Å². The minimum Gasteiger partial charge on any atom is -1.00 e. The quantitative estimate of drug-likeness (QED) is 0.242. The van der Waals surface area contributed by atoms with Gasteiger partial charge in [-0.2, -0.15) is 22.9 Å². The van der Waals surface area contributed by atoms with E-state index in [-0.39, 0.29) is 64.4 Å². The molecule has 0 N–H and O–H groups in total. The van der Waals surface area contributed by atoms with Gasteiger partial charge < -0.3 is 37.2 Å². The molecule has 0 heterocycles. The molecular weight excluding hydrogens is 483 g/mol. The standard InChI is InChI=1S/C25H31Si.3ClH.Ti/c1-5-6-19-25(21-13-9-7-10-14-21,22-15-11-8-12-16-22)23-17-18-24(20-23)26(2,3)4;;;;/h7-18,20H,5-6,19H2,1-4H3;3*1H;/q-1;;;;+4/p-3. The Morgan fingerprint density at radius 2 is 1.20 bits per heavy atom. The van der Waals surface area contributed by atoms with Crippen LogP contribution < -0.4 is 42.4 Å². The molecule has 3 aromatic rings. The number of hydrogen-bond acceptors (Lipinski definition) is 0. The summed E-state index contributed by atoms with van der Waals surface area (Å²) in [5.41, 5.74) is 4.22. The molecule has 0 amide bonds. The van der Waals surface area contributed by atoms with Crippen molar-refractivity contribution >= 4 is 13.3 Å². The van der Waals surface area contributed by atoms with Gasteiger partial charge in [-0.05, 0) is 23.0 Å². The molecule has 0 nitrogen and oxygen atoms in total. The molecule has 0 radical (unpaired) electrons. The Labute approximate surface area is 217 Å². The van der Waals surface area contributed by atoms with E-state index in [0.717, 1.165) is 6.42 Å². The van der Waals surface area contributed by atoms with Gasteiger partial charge in [0.1, 0.15) is 0 Å². The first kappa shape index (κ1) is 31.8. The van der Waals surface area contributed by atoms with Crippen molar-refractivity contribution < 1.29 is 58.9 Å². The first-order valence-corrected chi connectivity index (χ1v) is 13.4. The molecule has 0 bridgehead atoms. The summed E-state index contributed by atoms with van der Waals surface area (Å²) in [6, 6.07) is 29.5. The monoisotopic (exact) mass is 512 g/mol. The van der Waals surface area contributed by atoms with Crippen molar-refractivity contribution in [1.82, 2.24) is 0 Å². The number of rotatable bonds is 7. The maximum Gasteiger partial charge on any atom is 4.00 e. The second-order valence-corrected chi connectivity index (χ2v) is 13.5. The maximum absolute atomic E-state index is 2.50. The molecule has 0 aliphatic heterocycles. The predicted octanol–water partition coefficient (Wildman–Crippen LogP) is -2.52. The van der Waals surface area contributed by atoms with Crippen molar-refractivity contribution in [2.24, 2.45) is 0 Å². The molecule has 3 aromatic carbocycles. The van der Waals surface area contributed by atoms with E-state index >= 15 is 0 Å². The maximum atomic E-state index is 2.50. The Morgan fingerprint density at radius 1 is 0.733 bits per heavy atom. The summed E-state index contributed by atoms with van der Waals surface area (Å²) in [6.45, 7) is 9.60. The number of benzene rings is 2. The van der Waals surface area contributed by atoms with Crippen LogP contribution in [0.25, 0.3) is 0 Å². The van der Waals surface area contributed by atoms with Gasteiger partial charge in [-0.1, -0.05) is 100 Å². The fraction of sp³-hybridized carbons (Fsp3) is 0.320. The Morgan fingerprint density at radius 3 is 1.57 bits per heavy atom. The van der Waals surface area contributed by atoms with E-state index in [1.165, 1.54) is 29.5 Å². The molecule has 30 heavy (non-hydrogen) atoms. The first-order chi connectivity index (χ1) is 12.5. The van der Waals surface area contributed by atoms with Gasteiger partial charge >= 0.3 is 21.7 Å². The molecule has 0 aromatic heterocycles. The summed E-state index contributed by atoms with van der Waals surface area (Å²) in [5.74, 6) is 0. The zero-order valence-corrected chi connectivity index (χ0v) is 23.1. The van der Waals surface area contributed by atoms with Gasteiger partial charge in [0.25, 0.3) is 0 Å². The molecule has 0 spiro atoms. The Balaban J connectivity index is 0. The van der Waals surface area contributed by atoms with Crippen LogP contribution in [0, 0.1) is 0 Å². The van der Waals surface area contributed by atoms with E-state index in [0.29, 0.717) is 0 Å². The molecule has 0 atom stereocenters. The SMILES string of the molecule is CCCCC(c1ccccc1)(c1ccccc1)c1cc[c-]([Si](C)(C)C)c1.[Cl-].[Cl-].[Cl-].[Ti+4]. The van der Waals surface area contributed by atoms with Crippen LogP contribution in [0.2, 0.25) is 19.6 Å². The van der Waals surface area contributed by atoms with Crippen LogP contribution in [0.4, 0.5) is 0 Å². The average molecular weight is 514 g/mol. The van der Waals surface area contributed by atoms with Crippen LogP contribution in [0.3, 0.4) is 0 Å². The zero-order chi connectivity index (χ0) is 18.6. The molecule has 0 unspecified atom stereocenters. The van der Waals surface area contributed by atoms with Crippen LogP contribution in [0.1, 0.15) is 42.9 Å². The van der Waals surface area contributed by atoms with E-state index in [1.807, 2.05) is 0 Å². The normalized spacial score (nSPS) is 10.7. The van der Waals surface area contributed by atoms with E-state index in [9.17, 15) is 0 Å². The van der Waals surface area contributed by atoms with Crippen molar-refractivity contribution in [2.75, 3.05) is 0 Å². The van der Waals surface area contributed by atoms with Crippen LogP contribution in [0.15, 0.2) is 78.9 Å². The van der Waals surface area contributed by atoms with E-state index in [4.69, 9.17) is 0 Å². The minimum atomic E-state index is -1.32. The molecule has 0 aliphatic rings. The smallest absolute Gasteiger partial charge is 1.00 e. The summed E-state index contributed by atoms with van der Waals surface area (Å²) in [4.78, 5) is 0. The van der Waals surface area contributed by atoms with Crippen molar-refractivity contribution in [1.29, 1.82) is 0 Å². The van der Waals surface area contributed by atoms with Gasteiger partial charge in [-0.25, -0.2) is 6.07 Å². The first-order valence-electron chi connectivity index (χ1n) is 9.87. The summed E-state index contributed by atoms with van der Waals surface area (Å²) in [6.07, 6.45) is 3.58. The Hall–Kier alpha value is -0.409. The largest absolute Gasteiger partial charge is 4.00 e. The topological polar surface area (TPSA) is 0 Å². The molecule has 3 rings (SSSR count). The van der Waals surface area contributed by atoms with Gasteiger partial charge in [0.15, 0.2) is 0 Å². The van der Waals surface area contributed by atoms with Crippen LogP contribution in [-0.4, -0.2) is 8.07 Å². The van der Waals surface area contributed by atoms with Crippen molar-refractivity contribution in [3.8, 4) is 0 Å². The van der Waals surface area contributed by atoms with E-state index in [1.54, 1.807) is 5.19 Å². The van der Waals surface area contributed by atoms with Gasteiger partial charge in [0.05, 0.1) is 0 Å². The third-order valence-electron chi connectivity index (χ3n) is 5.55. The predicted molar refractivity (Wildman–Crippen MR) is 117 cm³/mol. The average Bonchev–Trinajstić information content (AvgIpc) is 3.15. The summed E-state index contributed by atoms with van der Waals surface area (Å²) >= 11 is 0. The molecular formula is C25H31Cl3SiTi. The van der Waals surface area contributed by atoms with Crippen LogP contribution in [0.5, 0.6) is 0 Å². The second kappa shape index (κ2) is 13.9. The second-order valence-electron chi connectivity index (χ2n) is 8.38. The summed E-state index contributed by atoms with van der Waals surface area (Å²) < 4.78 is 0.